The topological polar surface area (TPSA) is 64.6 Å². The second kappa shape index (κ2) is 7.89. The molecule has 0 saturated heterocycles. The fourth-order valence-electron chi connectivity index (χ4n) is 4.05. The number of anilines is 2. The van der Waals surface area contributed by atoms with Crippen LogP contribution in [0.1, 0.15) is 17.3 Å². The maximum Gasteiger partial charge on any atom is 0.192 e. The molecule has 0 unspecified atom stereocenters. The van der Waals surface area contributed by atoms with Gasteiger partial charge in [-0.2, -0.15) is 0 Å². The molecule has 6 nitrogen and oxygen atoms in total. The molecule has 6 heteroatoms. The smallest absolute Gasteiger partial charge is 0.192 e. The number of fused-ring (bicyclic) bond motifs is 1. The number of aryl methyl sites for hydroxylation is 3. The van der Waals surface area contributed by atoms with Gasteiger partial charge in [-0.05, 0) is 38.1 Å². The van der Waals surface area contributed by atoms with Gasteiger partial charge in [0.2, 0.25) is 0 Å². The van der Waals surface area contributed by atoms with E-state index in [1.54, 1.807) is 7.11 Å². The lowest BCUT2D eigenvalue weighted by Gasteiger charge is -2.12. The van der Waals surface area contributed by atoms with Crippen molar-refractivity contribution >= 4 is 17.0 Å². The number of ether oxygens (including phenoxy) is 1. The van der Waals surface area contributed by atoms with Gasteiger partial charge in [0.05, 0.1) is 29.7 Å². The fraction of sp³-hybridized carbons (Fsp3) is 0.154. The molecule has 0 atom stereocenters. The van der Waals surface area contributed by atoms with Crippen LogP contribution in [0.4, 0.5) is 11.4 Å². The molecule has 0 amide bonds. The molecule has 3 heterocycles. The summed E-state index contributed by atoms with van der Waals surface area (Å²) in [4.78, 5) is 9.32. The average molecular weight is 425 g/mol. The number of oxazole rings is 1. The molecule has 1 N–H and O–H groups in total. The van der Waals surface area contributed by atoms with Crippen LogP contribution in [0.5, 0.6) is 5.75 Å². The minimum atomic E-state index is 0.636. The monoisotopic (exact) mass is 424 g/mol. The van der Waals surface area contributed by atoms with Crippen molar-refractivity contribution in [2.75, 3.05) is 12.4 Å². The molecule has 32 heavy (non-hydrogen) atoms. The predicted octanol–water partition coefficient (Wildman–Crippen LogP) is 6.33. The van der Waals surface area contributed by atoms with Gasteiger partial charge in [-0.15, -0.1) is 0 Å². The SMILES string of the molecule is COc1cc(Nc2cccn3c(C)c(-c4ccccc4)nc23)ccc1-c1oc(C)nc1C. The number of benzene rings is 2. The van der Waals surface area contributed by atoms with Gasteiger partial charge >= 0.3 is 0 Å². The molecule has 0 spiro atoms. The Balaban J connectivity index is 1.54. The van der Waals surface area contributed by atoms with Crippen LogP contribution < -0.4 is 10.1 Å². The van der Waals surface area contributed by atoms with Crippen LogP contribution in [0.2, 0.25) is 0 Å². The van der Waals surface area contributed by atoms with Gasteiger partial charge < -0.3 is 18.9 Å². The van der Waals surface area contributed by atoms with Gasteiger partial charge in [0, 0.05) is 36.1 Å². The van der Waals surface area contributed by atoms with E-state index in [2.05, 4.69) is 33.8 Å². The van der Waals surface area contributed by atoms with Crippen LogP contribution in [0, 0.1) is 20.8 Å². The molecule has 0 saturated carbocycles. The van der Waals surface area contributed by atoms with Crippen molar-refractivity contribution in [3.05, 3.63) is 84.1 Å². The van der Waals surface area contributed by atoms with Crippen molar-refractivity contribution in [1.82, 2.24) is 14.4 Å². The second-order valence-corrected chi connectivity index (χ2v) is 7.71. The highest BCUT2D eigenvalue weighted by molar-refractivity contribution is 5.80. The molecule has 0 bridgehead atoms. The lowest BCUT2D eigenvalue weighted by Crippen LogP contribution is -1.97. The van der Waals surface area contributed by atoms with Crippen molar-refractivity contribution in [3.8, 4) is 28.3 Å². The number of pyridine rings is 1. The third-order valence-electron chi connectivity index (χ3n) is 5.56. The Hall–Kier alpha value is -4.06. The Morgan fingerprint density at radius 1 is 0.938 bits per heavy atom. The number of hydrogen-bond donors (Lipinski definition) is 1. The molecule has 5 rings (SSSR count). The van der Waals surface area contributed by atoms with Crippen molar-refractivity contribution < 1.29 is 9.15 Å². The van der Waals surface area contributed by atoms with E-state index in [-0.39, 0.29) is 0 Å². The molecule has 5 aromatic rings. The lowest BCUT2D eigenvalue weighted by atomic mass is 10.1. The summed E-state index contributed by atoms with van der Waals surface area (Å²) in [6, 6.07) is 20.2. The van der Waals surface area contributed by atoms with Crippen LogP contribution in [-0.2, 0) is 0 Å². The summed E-state index contributed by atoms with van der Waals surface area (Å²) < 4.78 is 13.6. The second-order valence-electron chi connectivity index (χ2n) is 7.71. The van der Waals surface area contributed by atoms with E-state index in [1.165, 1.54) is 0 Å². The minimum absolute atomic E-state index is 0.636. The van der Waals surface area contributed by atoms with Crippen LogP contribution in [0.3, 0.4) is 0 Å². The van der Waals surface area contributed by atoms with Gasteiger partial charge in [-0.3, -0.25) is 0 Å². The summed E-state index contributed by atoms with van der Waals surface area (Å²) in [5.74, 6) is 2.08. The summed E-state index contributed by atoms with van der Waals surface area (Å²) in [6.45, 7) is 5.87. The van der Waals surface area contributed by atoms with E-state index in [0.29, 0.717) is 11.6 Å². The van der Waals surface area contributed by atoms with Gasteiger partial charge in [0.15, 0.2) is 17.3 Å². The number of nitrogens with one attached hydrogen (secondary N) is 1. The van der Waals surface area contributed by atoms with E-state index in [0.717, 1.165) is 51.0 Å². The summed E-state index contributed by atoms with van der Waals surface area (Å²) in [7, 11) is 1.66. The van der Waals surface area contributed by atoms with Crippen LogP contribution in [0.15, 0.2) is 71.3 Å². The Morgan fingerprint density at radius 2 is 1.75 bits per heavy atom. The third kappa shape index (κ3) is 3.39. The van der Waals surface area contributed by atoms with Gasteiger partial charge in [-0.25, -0.2) is 9.97 Å². The summed E-state index contributed by atoms with van der Waals surface area (Å²) in [5.41, 5.74) is 7.57. The van der Waals surface area contributed by atoms with E-state index in [1.807, 2.05) is 68.6 Å². The number of imidazole rings is 1. The number of nitrogens with zero attached hydrogens (tertiary/aromatic N) is 3. The number of aromatic nitrogens is 3. The highest BCUT2D eigenvalue weighted by atomic mass is 16.5. The highest BCUT2D eigenvalue weighted by Crippen LogP contribution is 2.36. The summed E-state index contributed by atoms with van der Waals surface area (Å²) >= 11 is 0. The van der Waals surface area contributed by atoms with Gasteiger partial charge in [0.1, 0.15) is 5.75 Å². The number of rotatable bonds is 5. The van der Waals surface area contributed by atoms with Crippen molar-refractivity contribution in [2.24, 2.45) is 0 Å². The first-order valence-electron chi connectivity index (χ1n) is 10.5. The fourth-order valence-corrected chi connectivity index (χ4v) is 4.05. The molecule has 160 valence electrons. The van der Waals surface area contributed by atoms with Gasteiger partial charge in [0.25, 0.3) is 0 Å². The quantitative estimate of drug-likeness (QED) is 0.357. The van der Waals surface area contributed by atoms with E-state index in [4.69, 9.17) is 14.1 Å². The minimum Gasteiger partial charge on any atom is -0.496 e. The largest absolute Gasteiger partial charge is 0.496 e. The Labute approximate surface area is 186 Å². The zero-order valence-corrected chi connectivity index (χ0v) is 18.5. The van der Waals surface area contributed by atoms with Crippen molar-refractivity contribution in [1.29, 1.82) is 0 Å². The van der Waals surface area contributed by atoms with Crippen molar-refractivity contribution in [3.63, 3.8) is 0 Å². The summed E-state index contributed by atoms with van der Waals surface area (Å²) in [5, 5.41) is 3.50. The Kier molecular flexibility index (Phi) is 4.90. The normalized spacial score (nSPS) is 11.1. The average Bonchev–Trinajstić information content (AvgIpc) is 3.33. The molecular weight excluding hydrogens is 400 g/mol. The maximum absolute atomic E-state index is 5.79. The lowest BCUT2D eigenvalue weighted by molar-refractivity contribution is 0.414. The van der Waals surface area contributed by atoms with E-state index in [9.17, 15) is 0 Å². The van der Waals surface area contributed by atoms with Gasteiger partial charge in [-0.1, -0.05) is 30.3 Å². The predicted molar refractivity (Wildman–Crippen MR) is 127 cm³/mol. The number of hydrogen-bond acceptors (Lipinski definition) is 5. The summed E-state index contributed by atoms with van der Waals surface area (Å²) in [6.07, 6.45) is 2.04. The Morgan fingerprint density at radius 3 is 2.47 bits per heavy atom. The van der Waals surface area contributed by atoms with E-state index >= 15 is 0 Å². The highest BCUT2D eigenvalue weighted by Gasteiger charge is 2.16. The zero-order chi connectivity index (χ0) is 22.2. The molecule has 2 aromatic carbocycles. The van der Waals surface area contributed by atoms with Crippen LogP contribution in [0.25, 0.3) is 28.2 Å². The van der Waals surface area contributed by atoms with Crippen LogP contribution >= 0.6 is 0 Å². The first-order chi connectivity index (χ1) is 15.5. The third-order valence-corrected chi connectivity index (χ3v) is 5.56. The molecule has 3 aromatic heterocycles. The molecule has 0 fully saturated rings. The molecule has 0 aliphatic rings. The van der Waals surface area contributed by atoms with Crippen LogP contribution in [-0.4, -0.2) is 21.5 Å². The van der Waals surface area contributed by atoms with E-state index < -0.39 is 0 Å². The Bertz CT molecular complexity index is 1420. The first-order valence-corrected chi connectivity index (χ1v) is 10.5. The molecular formula is C26H24N4O2. The van der Waals surface area contributed by atoms with Crippen molar-refractivity contribution in [2.45, 2.75) is 20.8 Å². The zero-order valence-electron chi connectivity index (χ0n) is 18.5. The maximum atomic E-state index is 5.79. The molecule has 0 aliphatic heterocycles. The number of methoxy groups -OCH3 is 1. The first kappa shape index (κ1) is 19.9. The standard InChI is InChI=1S/C26H24N4O2/c1-16-25(32-18(3)27-16)21-13-12-20(15-23(21)31-4)28-22-11-8-14-30-17(2)24(29-26(22)30)19-9-6-5-7-10-19/h5-15,28H,1-4H3. The molecule has 0 radical (unpaired) electrons. The molecule has 0 aliphatic carbocycles.